The minimum atomic E-state index is -3.91. The second kappa shape index (κ2) is 9.13. The van der Waals surface area contributed by atoms with Crippen LogP contribution in [0.2, 0.25) is 5.02 Å². The minimum Gasteiger partial charge on any atom is -0.496 e. The van der Waals surface area contributed by atoms with E-state index in [0.29, 0.717) is 17.3 Å². The molecular weight excluding hydrogens is 414 g/mol. The van der Waals surface area contributed by atoms with Gasteiger partial charge in [0.15, 0.2) is 0 Å². The summed E-state index contributed by atoms with van der Waals surface area (Å²) in [5, 5.41) is 8.78. The van der Waals surface area contributed by atoms with Crippen LogP contribution in [-0.4, -0.2) is 45.5 Å². The lowest BCUT2D eigenvalue weighted by Gasteiger charge is -2.25. The Morgan fingerprint density at radius 1 is 1.28 bits per heavy atom. The van der Waals surface area contributed by atoms with Crippen LogP contribution in [0.4, 0.5) is 0 Å². The number of primary sulfonamides is 1. The second-order valence-electron chi connectivity index (χ2n) is 7.01. The highest BCUT2D eigenvalue weighted by Crippen LogP contribution is 2.23. The number of nitrogens with two attached hydrogens (primary N) is 1. The predicted molar refractivity (Wildman–Crippen MR) is 112 cm³/mol. The van der Waals surface area contributed by atoms with Crippen molar-refractivity contribution in [1.82, 2.24) is 10.2 Å². The van der Waals surface area contributed by atoms with E-state index >= 15 is 0 Å². The topological polar surface area (TPSA) is 102 Å². The summed E-state index contributed by atoms with van der Waals surface area (Å²) in [5.74, 6) is -0.106. The highest BCUT2D eigenvalue weighted by Gasteiger charge is 2.26. The average molecular weight is 438 g/mol. The molecule has 1 aliphatic rings. The molecule has 29 heavy (non-hydrogen) atoms. The zero-order chi connectivity index (χ0) is 21.0. The van der Waals surface area contributed by atoms with Crippen LogP contribution in [0.1, 0.15) is 28.8 Å². The second-order valence-corrected chi connectivity index (χ2v) is 9.01. The van der Waals surface area contributed by atoms with Gasteiger partial charge in [-0.1, -0.05) is 23.7 Å². The van der Waals surface area contributed by atoms with Crippen molar-refractivity contribution in [3.05, 3.63) is 58.6 Å². The lowest BCUT2D eigenvalue weighted by atomic mass is 10.1. The number of ether oxygens (including phenoxy) is 1. The van der Waals surface area contributed by atoms with Crippen LogP contribution in [0, 0.1) is 0 Å². The summed E-state index contributed by atoms with van der Waals surface area (Å²) in [6, 6.07) is 11.9. The van der Waals surface area contributed by atoms with Crippen LogP contribution in [0.5, 0.6) is 5.75 Å². The molecular formula is C20H24ClN3O4S. The van der Waals surface area contributed by atoms with E-state index < -0.39 is 15.9 Å². The summed E-state index contributed by atoms with van der Waals surface area (Å²) >= 11 is 5.95. The summed E-state index contributed by atoms with van der Waals surface area (Å²) in [6.45, 7) is 2.19. The predicted octanol–water partition coefficient (Wildman–Crippen LogP) is 2.39. The fourth-order valence-corrected chi connectivity index (χ4v) is 4.17. The third kappa shape index (κ3) is 5.48. The first-order valence-electron chi connectivity index (χ1n) is 9.25. The smallest absolute Gasteiger partial charge is 0.255 e. The Balaban J connectivity index is 1.67. The number of carbonyl (C=O) groups is 1. The number of nitrogens with zero attached hydrogens (tertiary/aromatic N) is 1. The molecule has 0 spiro atoms. The third-order valence-electron chi connectivity index (χ3n) is 5.04. The molecule has 1 amide bonds. The normalized spacial score (nSPS) is 17.3. The Hall–Kier alpha value is -2.13. The first-order valence-corrected chi connectivity index (χ1v) is 11.2. The van der Waals surface area contributed by atoms with Gasteiger partial charge in [-0.05, 0) is 55.3 Å². The average Bonchev–Trinajstić information content (AvgIpc) is 3.13. The summed E-state index contributed by atoms with van der Waals surface area (Å²) < 4.78 is 28.4. The molecule has 1 saturated heterocycles. The van der Waals surface area contributed by atoms with Crippen molar-refractivity contribution in [2.24, 2.45) is 5.14 Å². The molecule has 2 aromatic carbocycles. The van der Waals surface area contributed by atoms with Gasteiger partial charge < -0.3 is 10.1 Å². The number of likely N-dealkylation sites (tertiary alicyclic amines) is 1. The number of methoxy groups -OCH3 is 1. The summed E-state index contributed by atoms with van der Waals surface area (Å²) in [6.07, 6.45) is 2.03. The summed E-state index contributed by atoms with van der Waals surface area (Å²) in [4.78, 5) is 14.9. The molecule has 156 valence electrons. The van der Waals surface area contributed by atoms with E-state index in [4.69, 9.17) is 21.5 Å². The highest BCUT2D eigenvalue weighted by atomic mass is 35.5. The number of hydrogen-bond acceptors (Lipinski definition) is 5. The van der Waals surface area contributed by atoms with Gasteiger partial charge in [-0.25, -0.2) is 13.6 Å². The van der Waals surface area contributed by atoms with E-state index in [0.717, 1.165) is 31.5 Å². The molecule has 1 unspecified atom stereocenters. The zero-order valence-electron chi connectivity index (χ0n) is 16.1. The van der Waals surface area contributed by atoms with Gasteiger partial charge in [-0.15, -0.1) is 0 Å². The molecule has 9 heteroatoms. The maximum absolute atomic E-state index is 12.7. The van der Waals surface area contributed by atoms with Gasteiger partial charge in [0.25, 0.3) is 5.91 Å². The Bertz CT molecular complexity index is 980. The third-order valence-corrected chi connectivity index (χ3v) is 6.20. The van der Waals surface area contributed by atoms with Crippen molar-refractivity contribution in [3.8, 4) is 5.75 Å². The van der Waals surface area contributed by atoms with Crippen LogP contribution in [0.15, 0.2) is 47.4 Å². The quantitative estimate of drug-likeness (QED) is 0.692. The van der Waals surface area contributed by atoms with Gasteiger partial charge in [0, 0.05) is 24.2 Å². The van der Waals surface area contributed by atoms with Gasteiger partial charge in [-0.2, -0.15) is 0 Å². The molecule has 3 rings (SSSR count). The first-order chi connectivity index (χ1) is 13.8. The highest BCUT2D eigenvalue weighted by molar-refractivity contribution is 7.89. The van der Waals surface area contributed by atoms with Crippen LogP contribution >= 0.6 is 11.6 Å². The molecule has 0 bridgehead atoms. The van der Waals surface area contributed by atoms with E-state index in [9.17, 15) is 13.2 Å². The molecule has 1 atom stereocenters. The molecule has 0 aliphatic carbocycles. The van der Waals surface area contributed by atoms with Crippen LogP contribution in [-0.2, 0) is 16.6 Å². The van der Waals surface area contributed by atoms with E-state index in [1.807, 2.05) is 24.3 Å². The Morgan fingerprint density at radius 2 is 2.00 bits per heavy atom. The number of carbonyl (C=O) groups excluding carboxylic acids is 1. The lowest BCUT2D eigenvalue weighted by molar-refractivity contribution is 0.0936. The van der Waals surface area contributed by atoms with Crippen LogP contribution in [0.3, 0.4) is 0 Å². The largest absolute Gasteiger partial charge is 0.496 e. The minimum absolute atomic E-state index is 0.131. The Morgan fingerprint density at radius 3 is 2.66 bits per heavy atom. The van der Waals surface area contributed by atoms with Gasteiger partial charge >= 0.3 is 0 Å². The maximum Gasteiger partial charge on any atom is 0.255 e. The van der Waals surface area contributed by atoms with E-state index in [-0.39, 0.29) is 16.5 Å². The number of hydrogen-bond donors (Lipinski definition) is 2. The standard InChI is InChI=1S/C20H24ClN3O4S/c1-28-19-9-8-17(29(22,26)27)11-18(19)20(25)23-12-16-3-2-10-24(16)13-14-4-6-15(21)7-5-14/h4-9,11,16H,2-3,10,12-13H2,1H3,(H,23,25)(H2,22,26,27). The fourth-order valence-electron chi connectivity index (χ4n) is 3.51. The lowest BCUT2D eigenvalue weighted by Crippen LogP contribution is -2.40. The molecule has 0 radical (unpaired) electrons. The Labute approximate surface area is 175 Å². The van der Waals surface area contributed by atoms with Crippen molar-refractivity contribution in [1.29, 1.82) is 0 Å². The zero-order valence-corrected chi connectivity index (χ0v) is 17.7. The van der Waals surface area contributed by atoms with Crippen molar-refractivity contribution in [2.75, 3.05) is 20.2 Å². The molecule has 1 fully saturated rings. The summed E-state index contributed by atoms with van der Waals surface area (Å²) in [7, 11) is -2.49. The van der Waals surface area contributed by atoms with Crippen molar-refractivity contribution in [3.63, 3.8) is 0 Å². The number of benzene rings is 2. The van der Waals surface area contributed by atoms with E-state index in [1.54, 1.807) is 0 Å². The molecule has 0 saturated carbocycles. The molecule has 1 heterocycles. The van der Waals surface area contributed by atoms with Gasteiger partial charge in [0.2, 0.25) is 10.0 Å². The SMILES string of the molecule is COc1ccc(S(N)(=O)=O)cc1C(=O)NCC1CCCN1Cc1ccc(Cl)cc1. The molecule has 0 aromatic heterocycles. The molecule has 3 N–H and O–H groups in total. The number of sulfonamides is 1. The number of nitrogens with one attached hydrogen (secondary N) is 1. The monoisotopic (exact) mass is 437 g/mol. The molecule has 7 nitrogen and oxygen atoms in total. The number of amides is 1. The first kappa shape index (κ1) is 21.6. The van der Waals surface area contributed by atoms with Gasteiger partial charge in [0.05, 0.1) is 17.6 Å². The fraction of sp³-hybridized carbons (Fsp3) is 0.350. The molecule has 2 aromatic rings. The molecule has 1 aliphatic heterocycles. The maximum atomic E-state index is 12.7. The van der Waals surface area contributed by atoms with Crippen LogP contribution in [0.25, 0.3) is 0 Å². The van der Waals surface area contributed by atoms with Gasteiger partial charge in [-0.3, -0.25) is 9.69 Å². The van der Waals surface area contributed by atoms with Crippen molar-refractivity contribution >= 4 is 27.5 Å². The van der Waals surface area contributed by atoms with Crippen LogP contribution < -0.4 is 15.2 Å². The van der Waals surface area contributed by atoms with E-state index in [1.165, 1.54) is 25.3 Å². The van der Waals surface area contributed by atoms with Crippen molar-refractivity contribution in [2.45, 2.75) is 30.3 Å². The van der Waals surface area contributed by atoms with E-state index in [2.05, 4.69) is 10.2 Å². The summed E-state index contributed by atoms with van der Waals surface area (Å²) in [5.41, 5.74) is 1.30. The number of rotatable bonds is 7. The Kier molecular flexibility index (Phi) is 6.79. The number of halogens is 1. The van der Waals surface area contributed by atoms with Crippen molar-refractivity contribution < 1.29 is 17.9 Å². The van der Waals surface area contributed by atoms with Gasteiger partial charge in [0.1, 0.15) is 5.75 Å².